The van der Waals surface area contributed by atoms with E-state index in [1.807, 2.05) is 6.07 Å². The minimum atomic E-state index is -1.10. The van der Waals surface area contributed by atoms with Gasteiger partial charge in [0.2, 0.25) is 0 Å². The molecule has 0 aromatic heterocycles. The highest BCUT2D eigenvalue weighted by Gasteiger charge is 2.15. The average molecular weight is 191 g/mol. The molecule has 0 spiro atoms. The van der Waals surface area contributed by atoms with Crippen LogP contribution in [0.1, 0.15) is 11.7 Å². The van der Waals surface area contributed by atoms with Gasteiger partial charge in [0, 0.05) is 6.54 Å². The lowest BCUT2D eigenvalue weighted by Gasteiger charge is -2.09. The molecule has 1 atom stereocenters. The largest absolute Gasteiger partial charge is 0.378 e. The number of nitrogens with one attached hydrogen (secondary N) is 1. The van der Waals surface area contributed by atoms with Crippen molar-refractivity contribution in [2.75, 3.05) is 6.54 Å². The Bertz CT molecular complexity index is 308. The summed E-state index contributed by atoms with van der Waals surface area (Å²) < 4.78 is 0. The molecule has 0 heterocycles. The van der Waals surface area contributed by atoms with Gasteiger partial charge in [0.05, 0.1) is 0 Å². The fourth-order valence-electron chi connectivity index (χ4n) is 1.06. The molecule has 0 radical (unpaired) electrons. The highest BCUT2D eigenvalue weighted by molar-refractivity contribution is 5.81. The van der Waals surface area contributed by atoms with Crippen LogP contribution in [0.25, 0.3) is 0 Å². The van der Waals surface area contributed by atoms with E-state index >= 15 is 0 Å². The van der Waals surface area contributed by atoms with E-state index in [9.17, 15) is 9.90 Å². The van der Waals surface area contributed by atoms with Crippen molar-refractivity contribution in [3.8, 4) is 0 Å². The Balaban J connectivity index is 2.61. The van der Waals surface area contributed by atoms with Gasteiger partial charge in [-0.2, -0.15) is 0 Å². The molecule has 0 aliphatic carbocycles. The van der Waals surface area contributed by atoms with Crippen molar-refractivity contribution in [2.24, 2.45) is 0 Å². The summed E-state index contributed by atoms with van der Waals surface area (Å²) in [6.45, 7) is 3.83. The number of carbonyl (C=O) groups is 1. The Kier molecular flexibility index (Phi) is 3.88. The van der Waals surface area contributed by atoms with E-state index in [4.69, 9.17) is 0 Å². The molecule has 1 unspecified atom stereocenters. The zero-order valence-corrected chi connectivity index (χ0v) is 7.81. The zero-order chi connectivity index (χ0) is 10.4. The Morgan fingerprint density at radius 1 is 1.50 bits per heavy atom. The van der Waals surface area contributed by atoms with Gasteiger partial charge in [0.15, 0.2) is 6.10 Å². The standard InChI is InChI=1S/C11H13NO2/c1-2-8-12-11(14)10(13)9-6-4-3-5-7-9/h2-7,10,13H,1,8H2,(H,12,14). The van der Waals surface area contributed by atoms with Crippen LogP contribution in [-0.2, 0) is 4.79 Å². The third-order valence-electron chi connectivity index (χ3n) is 1.78. The van der Waals surface area contributed by atoms with Gasteiger partial charge in [0.1, 0.15) is 0 Å². The first kappa shape index (κ1) is 10.5. The van der Waals surface area contributed by atoms with E-state index < -0.39 is 12.0 Å². The van der Waals surface area contributed by atoms with Gasteiger partial charge in [-0.05, 0) is 5.56 Å². The van der Waals surface area contributed by atoms with Crippen LogP contribution in [0.2, 0.25) is 0 Å². The molecule has 1 aromatic rings. The maximum absolute atomic E-state index is 11.3. The van der Waals surface area contributed by atoms with Crippen LogP contribution in [0.15, 0.2) is 43.0 Å². The average Bonchev–Trinajstić information content (AvgIpc) is 2.26. The van der Waals surface area contributed by atoms with Gasteiger partial charge in [0.25, 0.3) is 5.91 Å². The molecule has 2 N–H and O–H groups in total. The Morgan fingerprint density at radius 3 is 2.71 bits per heavy atom. The van der Waals surface area contributed by atoms with Gasteiger partial charge in [-0.3, -0.25) is 4.79 Å². The van der Waals surface area contributed by atoms with Gasteiger partial charge in [-0.25, -0.2) is 0 Å². The molecule has 74 valence electrons. The second-order valence-electron chi connectivity index (χ2n) is 2.85. The summed E-state index contributed by atoms with van der Waals surface area (Å²) in [4.78, 5) is 11.3. The second-order valence-corrected chi connectivity index (χ2v) is 2.85. The second kappa shape index (κ2) is 5.19. The van der Waals surface area contributed by atoms with Gasteiger partial charge in [-0.15, -0.1) is 6.58 Å². The number of amides is 1. The molecule has 0 saturated carbocycles. The van der Waals surface area contributed by atoms with E-state index in [0.29, 0.717) is 12.1 Å². The normalized spacial score (nSPS) is 11.8. The maximum atomic E-state index is 11.3. The summed E-state index contributed by atoms with van der Waals surface area (Å²) in [6.07, 6.45) is 0.464. The zero-order valence-electron chi connectivity index (χ0n) is 7.81. The van der Waals surface area contributed by atoms with Crippen molar-refractivity contribution in [1.82, 2.24) is 5.32 Å². The van der Waals surface area contributed by atoms with Crippen molar-refractivity contribution in [3.63, 3.8) is 0 Å². The molecule has 0 bridgehead atoms. The molecule has 1 aromatic carbocycles. The highest BCUT2D eigenvalue weighted by Crippen LogP contribution is 2.11. The third kappa shape index (κ3) is 2.71. The van der Waals surface area contributed by atoms with E-state index in [1.54, 1.807) is 30.3 Å². The molecule has 3 nitrogen and oxygen atoms in total. The lowest BCUT2D eigenvalue weighted by Crippen LogP contribution is -2.29. The number of aliphatic hydroxyl groups is 1. The first-order chi connectivity index (χ1) is 6.75. The van der Waals surface area contributed by atoms with E-state index in [1.165, 1.54) is 0 Å². The molecule has 0 fully saturated rings. The topological polar surface area (TPSA) is 49.3 Å². The Morgan fingerprint density at radius 2 is 2.14 bits per heavy atom. The Labute approximate surface area is 83.1 Å². The quantitative estimate of drug-likeness (QED) is 0.698. The number of hydrogen-bond acceptors (Lipinski definition) is 2. The van der Waals surface area contributed by atoms with Crippen LogP contribution in [0, 0.1) is 0 Å². The summed E-state index contributed by atoms with van der Waals surface area (Å²) in [5.41, 5.74) is 0.592. The number of hydrogen-bond donors (Lipinski definition) is 2. The molecule has 0 saturated heterocycles. The fourth-order valence-corrected chi connectivity index (χ4v) is 1.06. The molecule has 14 heavy (non-hydrogen) atoms. The Hall–Kier alpha value is -1.61. The van der Waals surface area contributed by atoms with Crippen LogP contribution in [0.3, 0.4) is 0 Å². The highest BCUT2D eigenvalue weighted by atomic mass is 16.3. The monoisotopic (exact) mass is 191 g/mol. The van der Waals surface area contributed by atoms with Gasteiger partial charge >= 0.3 is 0 Å². The van der Waals surface area contributed by atoms with Crippen molar-refractivity contribution in [2.45, 2.75) is 6.10 Å². The summed E-state index contributed by atoms with van der Waals surface area (Å²) in [5, 5.41) is 12.1. The van der Waals surface area contributed by atoms with Crippen molar-refractivity contribution in [1.29, 1.82) is 0 Å². The van der Waals surface area contributed by atoms with Gasteiger partial charge in [-0.1, -0.05) is 36.4 Å². The summed E-state index contributed by atoms with van der Waals surface area (Å²) in [6, 6.07) is 8.80. The molecule has 1 amide bonds. The number of carbonyl (C=O) groups excluding carboxylic acids is 1. The van der Waals surface area contributed by atoms with Crippen LogP contribution in [-0.4, -0.2) is 17.6 Å². The van der Waals surface area contributed by atoms with Crippen molar-refractivity contribution < 1.29 is 9.90 Å². The minimum Gasteiger partial charge on any atom is -0.378 e. The molecule has 0 aliphatic rings. The first-order valence-electron chi connectivity index (χ1n) is 4.37. The number of aliphatic hydroxyl groups excluding tert-OH is 1. The lowest BCUT2D eigenvalue weighted by molar-refractivity contribution is -0.129. The van der Waals surface area contributed by atoms with E-state index in [0.717, 1.165) is 0 Å². The smallest absolute Gasteiger partial charge is 0.253 e. The van der Waals surface area contributed by atoms with E-state index in [-0.39, 0.29) is 0 Å². The van der Waals surface area contributed by atoms with Crippen LogP contribution in [0.4, 0.5) is 0 Å². The molecular weight excluding hydrogens is 178 g/mol. The maximum Gasteiger partial charge on any atom is 0.253 e. The number of rotatable bonds is 4. The van der Waals surface area contributed by atoms with Crippen LogP contribution < -0.4 is 5.32 Å². The predicted molar refractivity (Wildman–Crippen MR) is 54.6 cm³/mol. The number of benzene rings is 1. The third-order valence-corrected chi connectivity index (χ3v) is 1.78. The molecule has 0 aliphatic heterocycles. The van der Waals surface area contributed by atoms with Crippen molar-refractivity contribution in [3.05, 3.63) is 48.6 Å². The van der Waals surface area contributed by atoms with Crippen LogP contribution in [0.5, 0.6) is 0 Å². The fraction of sp³-hybridized carbons (Fsp3) is 0.182. The SMILES string of the molecule is C=CCNC(=O)C(O)c1ccccc1. The van der Waals surface area contributed by atoms with E-state index in [2.05, 4.69) is 11.9 Å². The molecule has 1 rings (SSSR count). The van der Waals surface area contributed by atoms with Crippen molar-refractivity contribution >= 4 is 5.91 Å². The molecule has 3 heteroatoms. The summed E-state index contributed by atoms with van der Waals surface area (Å²) >= 11 is 0. The predicted octanol–water partition coefficient (Wildman–Crippen LogP) is 1.02. The van der Waals surface area contributed by atoms with Crippen LogP contribution >= 0.6 is 0 Å². The summed E-state index contributed by atoms with van der Waals surface area (Å²) in [5.74, 6) is -0.406. The lowest BCUT2D eigenvalue weighted by atomic mass is 10.1. The molecular formula is C11H13NO2. The first-order valence-corrected chi connectivity index (χ1v) is 4.37. The summed E-state index contributed by atoms with van der Waals surface area (Å²) in [7, 11) is 0. The minimum absolute atomic E-state index is 0.364. The van der Waals surface area contributed by atoms with Gasteiger partial charge < -0.3 is 10.4 Å².